The summed E-state index contributed by atoms with van der Waals surface area (Å²) in [4.78, 5) is 12.6. The van der Waals surface area contributed by atoms with E-state index in [9.17, 15) is 39.6 Å². The first-order valence-corrected chi connectivity index (χ1v) is 12.2. The number of nitrogens with zero attached hydrogens (tertiary/aromatic N) is 1. The van der Waals surface area contributed by atoms with E-state index in [1.165, 1.54) is 24.3 Å². The lowest BCUT2D eigenvalue weighted by Crippen LogP contribution is -2.38. The standard InChI is InChI=1S/C24H20F6N4O4S/c1-34(39(36,37)24(28,29)30)19-11-10-18(33-22(35)16-6-4-15(5-7-16)21(31)32)12-20(19)38-13-14-2-8-17(9-3-14)23(25,26)27/h2-12H,13H2,1H3,(H3,31,32)(H,33,35). The van der Waals surface area contributed by atoms with Crippen molar-refractivity contribution in [3.8, 4) is 5.75 Å². The summed E-state index contributed by atoms with van der Waals surface area (Å²) in [5.74, 6) is -1.27. The summed E-state index contributed by atoms with van der Waals surface area (Å²) in [6, 6.07) is 12.6. The van der Waals surface area contributed by atoms with Crippen LogP contribution in [-0.2, 0) is 22.8 Å². The Balaban J connectivity index is 1.92. The second-order valence-electron chi connectivity index (χ2n) is 8.03. The summed E-state index contributed by atoms with van der Waals surface area (Å²) in [5, 5.41) is 9.87. The summed E-state index contributed by atoms with van der Waals surface area (Å²) in [6.07, 6.45) is -4.58. The minimum Gasteiger partial charge on any atom is -0.487 e. The Bertz CT molecular complexity index is 1470. The van der Waals surface area contributed by atoms with E-state index in [2.05, 4.69) is 5.32 Å². The third-order valence-electron chi connectivity index (χ3n) is 5.34. The molecule has 0 spiro atoms. The van der Waals surface area contributed by atoms with Gasteiger partial charge >= 0.3 is 21.7 Å². The number of hydrogen-bond acceptors (Lipinski definition) is 5. The van der Waals surface area contributed by atoms with Crippen molar-refractivity contribution >= 4 is 33.1 Å². The van der Waals surface area contributed by atoms with Gasteiger partial charge in [0.1, 0.15) is 18.2 Å². The Morgan fingerprint density at radius 1 is 0.949 bits per heavy atom. The highest BCUT2D eigenvalue weighted by atomic mass is 32.2. The number of rotatable bonds is 8. The van der Waals surface area contributed by atoms with Crippen molar-refractivity contribution in [3.05, 3.63) is 89.0 Å². The highest BCUT2D eigenvalue weighted by molar-refractivity contribution is 7.93. The third-order valence-corrected chi connectivity index (χ3v) is 6.85. The maximum absolute atomic E-state index is 13.2. The highest BCUT2D eigenvalue weighted by Crippen LogP contribution is 2.37. The quantitative estimate of drug-likeness (QED) is 0.196. The number of anilines is 2. The van der Waals surface area contributed by atoms with Crippen LogP contribution in [0, 0.1) is 5.41 Å². The number of amides is 1. The van der Waals surface area contributed by atoms with Crippen LogP contribution in [0.15, 0.2) is 66.7 Å². The molecule has 208 valence electrons. The van der Waals surface area contributed by atoms with Crippen LogP contribution in [-0.4, -0.2) is 32.7 Å². The lowest BCUT2D eigenvalue weighted by molar-refractivity contribution is -0.137. The van der Waals surface area contributed by atoms with Gasteiger partial charge in [0.25, 0.3) is 5.91 Å². The molecule has 0 heterocycles. The van der Waals surface area contributed by atoms with Crippen LogP contribution in [0.4, 0.5) is 37.7 Å². The van der Waals surface area contributed by atoms with Gasteiger partial charge in [0.2, 0.25) is 0 Å². The maximum Gasteiger partial charge on any atom is 0.516 e. The summed E-state index contributed by atoms with van der Waals surface area (Å²) in [6.45, 7) is -0.436. The van der Waals surface area contributed by atoms with Gasteiger partial charge in [-0.05, 0) is 42.0 Å². The van der Waals surface area contributed by atoms with Crippen LogP contribution >= 0.6 is 0 Å². The first-order chi connectivity index (χ1) is 18.0. The monoisotopic (exact) mass is 574 g/mol. The van der Waals surface area contributed by atoms with Crippen molar-refractivity contribution < 1.29 is 44.3 Å². The smallest absolute Gasteiger partial charge is 0.487 e. The van der Waals surface area contributed by atoms with Crippen LogP contribution in [0.3, 0.4) is 0 Å². The van der Waals surface area contributed by atoms with E-state index in [-0.39, 0.29) is 27.0 Å². The van der Waals surface area contributed by atoms with Gasteiger partial charge in [-0.1, -0.05) is 24.3 Å². The molecule has 3 rings (SSSR count). The summed E-state index contributed by atoms with van der Waals surface area (Å²) in [5.41, 5.74) is -0.996. The Hall–Kier alpha value is -4.27. The lowest BCUT2D eigenvalue weighted by Gasteiger charge is -2.24. The van der Waals surface area contributed by atoms with Gasteiger partial charge in [0, 0.05) is 29.9 Å². The number of hydrogen-bond donors (Lipinski definition) is 3. The molecular formula is C24H20F6N4O4S. The van der Waals surface area contributed by atoms with Crippen LogP contribution in [0.25, 0.3) is 0 Å². The molecule has 0 atom stereocenters. The van der Waals surface area contributed by atoms with Crippen LogP contribution in [0.1, 0.15) is 27.0 Å². The van der Waals surface area contributed by atoms with Gasteiger partial charge in [0.15, 0.2) is 0 Å². The SMILES string of the molecule is CN(c1ccc(NC(=O)c2ccc(C(=N)N)cc2)cc1OCc1ccc(C(F)(F)F)cc1)S(=O)(=O)C(F)(F)F. The van der Waals surface area contributed by atoms with Crippen molar-refractivity contribution in [2.24, 2.45) is 5.73 Å². The van der Waals surface area contributed by atoms with Crippen molar-refractivity contribution in [1.29, 1.82) is 5.41 Å². The lowest BCUT2D eigenvalue weighted by atomic mass is 10.1. The van der Waals surface area contributed by atoms with Gasteiger partial charge < -0.3 is 15.8 Å². The van der Waals surface area contributed by atoms with E-state index >= 15 is 0 Å². The Labute approximate surface area is 218 Å². The molecule has 3 aromatic carbocycles. The zero-order valence-corrected chi connectivity index (χ0v) is 20.7. The first kappa shape index (κ1) is 29.3. The molecule has 0 aliphatic rings. The molecule has 0 fully saturated rings. The van der Waals surface area contributed by atoms with Crippen molar-refractivity contribution in [2.45, 2.75) is 18.3 Å². The van der Waals surface area contributed by atoms with E-state index < -0.39 is 51.2 Å². The molecule has 0 unspecified atom stereocenters. The number of halogens is 6. The maximum atomic E-state index is 13.2. The Morgan fingerprint density at radius 3 is 2.03 bits per heavy atom. The molecular weight excluding hydrogens is 554 g/mol. The van der Waals surface area contributed by atoms with E-state index in [4.69, 9.17) is 15.9 Å². The van der Waals surface area contributed by atoms with Crippen molar-refractivity contribution in [2.75, 3.05) is 16.7 Å². The largest absolute Gasteiger partial charge is 0.516 e. The number of ether oxygens (including phenoxy) is 1. The molecule has 4 N–H and O–H groups in total. The number of carbonyl (C=O) groups is 1. The molecule has 0 aromatic heterocycles. The van der Waals surface area contributed by atoms with E-state index in [1.54, 1.807) is 0 Å². The third kappa shape index (κ3) is 6.79. The molecule has 0 saturated carbocycles. The first-order valence-electron chi connectivity index (χ1n) is 10.7. The molecule has 0 aliphatic carbocycles. The second-order valence-corrected chi connectivity index (χ2v) is 9.99. The van der Waals surface area contributed by atoms with Crippen LogP contribution in [0.2, 0.25) is 0 Å². The van der Waals surface area contributed by atoms with Gasteiger partial charge in [-0.3, -0.25) is 14.5 Å². The zero-order valence-electron chi connectivity index (χ0n) is 19.9. The average Bonchev–Trinajstić information content (AvgIpc) is 2.86. The molecule has 0 saturated heterocycles. The molecule has 0 radical (unpaired) electrons. The summed E-state index contributed by atoms with van der Waals surface area (Å²) in [7, 11) is -5.18. The minimum atomic E-state index is -5.83. The molecule has 3 aromatic rings. The van der Waals surface area contributed by atoms with E-state index in [1.807, 2.05) is 0 Å². The van der Waals surface area contributed by atoms with E-state index in [0.29, 0.717) is 12.6 Å². The molecule has 1 amide bonds. The number of nitrogens with two attached hydrogens (primary N) is 1. The predicted octanol–water partition coefficient (Wildman–Crippen LogP) is 5.11. The number of nitrogens with one attached hydrogen (secondary N) is 2. The molecule has 0 aliphatic heterocycles. The summed E-state index contributed by atoms with van der Waals surface area (Å²) >= 11 is 0. The molecule has 39 heavy (non-hydrogen) atoms. The number of amidine groups is 1. The average molecular weight is 575 g/mol. The van der Waals surface area contributed by atoms with Crippen molar-refractivity contribution in [1.82, 2.24) is 0 Å². The molecule has 0 bridgehead atoms. The number of sulfonamides is 1. The predicted molar refractivity (Wildman–Crippen MR) is 131 cm³/mol. The number of nitrogen functional groups attached to an aromatic ring is 1. The summed E-state index contributed by atoms with van der Waals surface area (Å²) < 4.78 is 107. The van der Waals surface area contributed by atoms with Crippen LogP contribution in [0.5, 0.6) is 5.75 Å². The highest BCUT2D eigenvalue weighted by Gasteiger charge is 2.49. The van der Waals surface area contributed by atoms with Gasteiger partial charge in [-0.2, -0.15) is 34.8 Å². The fourth-order valence-electron chi connectivity index (χ4n) is 3.21. The molecule has 15 heteroatoms. The Kier molecular flexibility index (Phi) is 8.14. The number of carbonyl (C=O) groups excluding carboxylic acids is 1. The Morgan fingerprint density at radius 2 is 1.51 bits per heavy atom. The van der Waals surface area contributed by atoms with Gasteiger partial charge in [-0.25, -0.2) is 0 Å². The van der Waals surface area contributed by atoms with Gasteiger partial charge in [-0.15, -0.1) is 0 Å². The number of alkyl halides is 6. The zero-order chi connectivity index (χ0) is 29.2. The molecule has 8 nitrogen and oxygen atoms in total. The minimum absolute atomic E-state index is 0.0135. The van der Waals surface area contributed by atoms with Gasteiger partial charge in [0.05, 0.1) is 11.3 Å². The topological polar surface area (TPSA) is 126 Å². The number of benzene rings is 3. The van der Waals surface area contributed by atoms with E-state index in [0.717, 1.165) is 42.5 Å². The fraction of sp³-hybridized carbons (Fsp3) is 0.167. The van der Waals surface area contributed by atoms with Crippen molar-refractivity contribution in [3.63, 3.8) is 0 Å². The fourth-order valence-corrected chi connectivity index (χ4v) is 3.93. The van der Waals surface area contributed by atoms with Crippen LogP contribution < -0.4 is 20.1 Å². The normalized spacial score (nSPS) is 12.1. The second kappa shape index (κ2) is 10.8.